The second kappa shape index (κ2) is 4.69. The molecule has 21 heavy (non-hydrogen) atoms. The Hall–Kier alpha value is -1.11. The van der Waals surface area contributed by atoms with Crippen LogP contribution in [0.15, 0.2) is 23.1 Å². The summed E-state index contributed by atoms with van der Waals surface area (Å²) in [5, 5.41) is 8.74. The van der Waals surface area contributed by atoms with Crippen LogP contribution >= 0.6 is 0 Å². The molecule has 5 nitrogen and oxygen atoms in total. The molecule has 0 bridgehead atoms. The Bertz CT molecular complexity index is 669. The fourth-order valence-corrected chi connectivity index (χ4v) is 4.26. The third-order valence-corrected chi connectivity index (χ3v) is 5.86. The molecule has 3 rings (SSSR count). The molecule has 1 saturated carbocycles. The van der Waals surface area contributed by atoms with Gasteiger partial charge in [-0.2, -0.15) is 0 Å². The second-order valence-electron chi connectivity index (χ2n) is 6.71. The van der Waals surface area contributed by atoms with Gasteiger partial charge in [0.15, 0.2) is 0 Å². The van der Waals surface area contributed by atoms with Crippen LogP contribution in [0.3, 0.4) is 0 Å². The molecule has 1 aromatic carbocycles. The van der Waals surface area contributed by atoms with Crippen molar-refractivity contribution in [3.8, 4) is 0 Å². The average Bonchev–Trinajstić information content (AvgIpc) is 2.83. The highest BCUT2D eigenvalue weighted by Crippen LogP contribution is 2.53. The van der Waals surface area contributed by atoms with E-state index in [1.54, 1.807) is 18.2 Å². The first kappa shape index (κ1) is 14.8. The number of hydrogen-bond donors (Lipinski definition) is 2. The molecule has 0 aromatic heterocycles. The monoisotopic (exact) mass is 310 g/mol. The molecule has 3 N–H and O–H groups in total. The Morgan fingerprint density at radius 1 is 1.38 bits per heavy atom. The van der Waals surface area contributed by atoms with Gasteiger partial charge in [0.25, 0.3) is 0 Å². The van der Waals surface area contributed by atoms with Crippen LogP contribution in [-0.2, 0) is 14.8 Å². The number of primary sulfonamides is 1. The molecular weight excluding hydrogens is 288 g/mol. The Kier molecular flexibility index (Phi) is 3.31. The maximum absolute atomic E-state index is 11.5. The minimum Gasteiger partial charge on any atom is -0.381 e. The first-order chi connectivity index (χ1) is 9.71. The first-order valence-electron chi connectivity index (χ1n) is 7.23. The normalized spacial score (nSPS) is 30.6. The Morgan fingerprint density at radius 2 is 2.10 bits per heavy atom. The number of nitrogens with one attached hydrogen (secondary N) is 1. The fraction of sp³-hybridized carbons (Fsp3) is 0.600. The smallest absolute Gasteiger partial charge is 0.238 e. The van der Waals surface area contributed by atoms with Crippen LogP contribution in [0, 0.1) is 18.3 Å². The molecule has 6 heteroatoms. The quantitative estimate of drug-likeness (QED) is 0.893. The average molecular weight is 310 g/mol. The molecule has 0 spiro atoms. The lowest BCUT2D eigenvalue weighted by Gasteiger charge is -2.55. The molecule has 1 heterocycles. The number of rotatable bonds is 3. The predicted molar refractivity (Wildman–Crippen MR) is 81.6 cm³/mol. The summed E-state index contributed by atoms with van der Waals surface area (Å²) in [5.41, 5.74) is 1.90. The number of ether oxygens (including phenoxy) is 1. The van der Waals surface area contributed by atoms with Gasteiger partial charge in [0.2, 0.25) is 10.0 Å². The fourth-order valence-electron chi connectivity index (χ4n) is 3.72. The predicted octanol–water partition coefficient (Wildman–Crippen LogP) is 1.87. The molecule has 3 unspecified atom stereocenters. The SMILES string of the molecule is Cc1ccc(S(N)(=O)=O)cc1NC1C2CCOC2C1(C)C. The van der Waals surface area contributed by atoms with Crippen molar-refractivity contribution < 1.29 is 13.2 Å². The number of nitrogens with two attached hydrogens (primary N) is 1. The standard InChI is InChI=1S/C15H22N2O3S/c1-9-4-5-10(21(16,18)19)8-12(9)17-13-11-6-7-20-14(11)15(13,2)3/h4-5,8,11,13-14,17H,6-7H2,1-3H3,(H2,16,18,19). The minimum absolute atomic E-state index is 0.0468. The van der Waals surface area contributed by atoms with Gasteiger partial charge in [-0.1, -0.05) is 19.9 Å². The highest BCUT2D eigenvalue weighted by Gasteiger charge is 2.59. The molecule has 0 amide bonds. The van der Waals surface area contributed by atoms with Crippen LogP contribution in [0.5, 0.6) is 0 Å². The number of fused-ring (bicyclic) bond motifs is 1. The third kappa shape index (κ3) is 2.35. The van der Waals surface area contributed by atoms with Crippen LogP contribution in [0.4, 0.5) is 5.69 Å². The van der Waals surface area contributed by atoms with Gasteiger partial charge < -0.3 is 10.1 Å². The van der Waals surface area contributed by atoms with Crippen LogP contribution in [0.1, 0.15) is 25.8 Å². The van der Waals surface area contributed by atoms with Crippen molar-refractivity contribution in [2.75, 3.05) is 11.9 Å². The zero-order chi connectivity index (χ0) is 15.4. The maximum Gasteiger partial charge on any atom is 0.238 e. The van der Waals surface area contributed by atoms with E-state index in [2.05, 4.69) is 19.2 Å². The lowest BCUT2D eigenvalue weighted by atomic mass is 9.57. The van der Waals surface area contributed by atoms with Crippen LogP contribution in [0.2, 0.25) is 0 Å². The molecule has 1 saturated heterocycles. The van der Waals surface area contributed by atoms with E-state index in [-0.39, 0.29) is 10.3 Å². The number of aryl methyl sites for hydroxylation is 1. The van der Waals surface area contributed by atoms with Gasteiger partial charge in [-0.25, -0.2) is 13.6 Å². The van der Waals surface area contributed by atoms with E-state index in [9.17, 15) is 8.42 Å². The van der Waals surface area contributed by atoms with Crippen LogP contribution in [-0.4, -0.2) is 27.2 Å². The molecular formula is C15H22N2O3S. The van der Waals surface area contributed by atoms with Crippen molar-refractivity contribution in [2.24, 2.45) is 16.5 Å². The molecule has 2 aliphatic rings. The summed E-state index contributed by atoms with van der Waals surface area (Å²) in [4.78, 5) is 0.145. The van der Waals surface area contributed by atoms with Crippen molar-refractivity contribution >= 4 is 15.7 Å². The van der Waals surface area contributed by atoms with Gasteiger partial charge in [-0.05, 0) is 31.0 Å². The molecule has 2 fully saturated rings. The van der Waals surface area contributed by atoms with Gasteiger partial charge in [0.1, 0.15) is 0 Å². The van der Waals surface area contributed by atoms with Gasteiger partial charge in [0, 0.05) is 29.7 Å². The summed E-state index contributed by atoms with van der Waals surface area (Å²) < 4.78 is 28.8. The summed E-state index contributed by atoms with van der Waals surface area (Å²) in [6.07, 6.45) is 1.36. The van der Waals surface area contributed by atoms with E-state index in [0.717, 1.165) is 24.3 Å². The molecule has 116 valence electrons. The zero-order valence-electron chi connectivity index (χ0n) is 12.6. The van der Waals surface area contributed by atoms with Crippen molar-refractivity contribution in [3.05, 3.63) is 23.8 Å². The van der Waals surface area contributed by atoms with E-state index >= 15 is 0 Å². The number of hydrogen-bond acceptors (Lipinski definition) is 4. The van der Waals surface area contributed by atoms with E-state index in [1.165, 1.54) is 0 Å². The summed E-state index contributed by atoms with van der Waals surface area (Å²) in [6, 6.07) is 5.25. The van der Waals surface area contributed by atoms with Crippen molar-refractivity contribution in [1.82, 2.24) is 0 Å². The molecule has 1 aromatic rings. The lowest BCUT2D eigenvalue weighted by Crippen LogP contribution is -2.63. The number of anilines is 1. The van der Waals surface area contributed by atoms with E-state index in [4.69, 9.17) is 9.88 Å². The number of sulfonamides is 1. The zero-order valence-corrected chi connectivity index (χ0v) is 13.4. The highest BCUT2D eigenvalue weighted by molar-refractivity contribution is 7.89. The lowest BCUT2D eigenvalue weighted by molar-refractivity contribution is -0.0923. The topological polar surface area (TPSA) is 81.4 Å². The van der Waals surface area contributed by atoms with Crippen molar-refractivity contribution in [2.45, 2.75) is 44.2 Å². The van der Waals surface area contributed by atoms with Gasteiger partial charge in [0.05, 0.1) is 11.0 Å². The van der Waals surface area contributed by atoms with Gasteiger partial charge in [-0.15, -0.1) is 0 Å². The van der Waals surface area contributed by atoms with Crippen molar-refractivity contribution in [1.29, 1.82) is 0 Å². The largest absolute Gasteiger partial charge is 0.381 e. The maximum atomic E-state index is 11.5. The van der Waals surface area contributed by atoms with E-state index in [0.29, 0.717) is 18.1 Å². The molecule has 1 aliphatic carbocycles. The summed E-state index contributed by atoms with van der Waals surface area (Å²) in [6.45, 7) is 7.16. The number of benzene rings is 1. The summed E-state index contributed by atoms with van der Waals surface area (Å²) in [7, 11) is -3.68. The van der Waals surface area contributed by atoms with E-state index in [1.807, 2.05) is 6.92 Å². The Morgan fingerprint density at radius 3 is 2.76 bits per heavy atom. The Labute approximate surface area is 125 Å². The third-order valence-electron chi connectivity index (χ3n) is 4.95. The molecule has 3 atom stereocenters. The Balaban J connectivity index is 1.88. The van der Waals surface area contributed by atoms with Gasteiger partial charge in [-0.3, -0.25) is 0 Å². The first-order valence-corrected chi connectivity index (χ1v) is 8.77. The van der Waals surface area contributed by atoms with Gasteiger partial charge >= 0.3 is 0 Å². The van der Waals surface area contributed by atoms with Crippen LogP contribution in [0.25, 0.3) is 0 Å². The highest BCUT2D eigenvalue weighted by atomic mass is 32.2. The minimum atomic E-state index is -3.68. The molecule has 0 radical (unpaired) electrons. The second-order valence-corrected chi connectivity index (χ2v) is 8.27. The molecule has 1 aliphatic heterocycles. The summed E-state index contributed by atoms with van der Waals surface area (Å²) in [5.74, 6) is 0.498. The van der Waals surface area contributed by atoms with E-state index < -0.39 is 10.0 Å². The van der Waals surface area contributed by atoms with Crippen LogP contribution < -0.4 is 10.5 Å². The summed E-state index contributed by atoms with van der Waals surface area (Å²) >= 11 is 0. The van der Waals surface area contributed by atoms with Crippen molar-refractivity contribution in [3.63, 3.8) is 0 Å².